The maximum atomic E-state index is 5.59. The summed E-state index contributed by atoms with van der Waals surface area (Å²) in [6.45, 7) is 0. The topological polar surface area (TPSA) is 89.9 Å². The van der Waals surface area contributed by atoms with Gasteiger partial charge in [-0.2, -0.15) is 0 Å². The van der Waals surface area contributed by atoms with Crippen LogP contribution in [0.2, 0.25) is 0 Å². The minimum absolute atomic E-state index is 0.540. The normalized spacial score (nSPS) is 10.7. The third-order valence-electron chi connectivity index (χ3n) is 2.26. The Morgan fingerprint density at radius 2 is 2.11 bits per heavy atom. The zero-order chi connectivity index (χ0) is 12.4. The third kappa shape index (κ3) is 2.13. The van der Waals surface area contributed by atoms with Crippen LogP contribution in [0.4, 0.5) is 5.82 Å². The van der Waals surface area contributed by atoms with Crippen LogP contribution < -0.4 is 11.3 Å². The van der Waals surface area contributed by atoms with Crippen LogP contribution in [0, 0.1) is 0 Å². The van der Waals surface area contributed by atoms with Crippen molar-refractivity contribution in [1.29, 1.82) is 0 Å². The number of para-hydroxylation sites is 2. The first-order valence-corrected chi connectivity index (χ1v) is 5.99. The Hall–Kier alpha value is -2.12. The lowest BCUT2D eigenvalue weighted by molar-refractivity contribution is 0.489. The number of hydrogen-bond acceptors (Lipinski definition) is 7. The first-order valence-electron chi connectivity index (χ1n) is 5.17. The van der Waals surface area contributed by atoms with E-state index in [2.05, 4.69) is 20.4 Å². The van der Waals surface area contributed by atoms with Gasteiger partial charge in [-0.15, -0.1) is 0 Å². The predicted octanol–water partition coefficient (Wildman–Crippen LogP) is 2.05. The van der Waals surface area contributed by atoms with Gasteiger partial charge in [0.2, 0.25) is 0 Å². The minimum atomic E-state index is 0.540. The van der Waals surface area contributed by atoms with E-state index < -0.39 is 0 Å². The van der Waals surface area contributed by atoms with Crippen molar-refractivity contribution >= 4 is 28.7 Å². The molecule has 0 spiro atoms. The maximum absolute atomic E-state index is 5.59. The first kappa shape index (κ1) is 11.0. The molecule has 0 saturated carbocycles. The lowest BCUT2D eigenvalue weighted by Crippen LogP contribution is -2.08. The van der Waals surface area contributed by atoms with Gasteiger partial charge in [-0.25, -0.2) is 20.8 Å². The molecule has 90 valence electrons. The van der Waals surface area contributed by atoms with Crippen LogP contribution in [0.3, 0.4) is 0 Å². The zero-order valence-corrected chi connectivity index (χ0v) is 10.0. The monoisotopic (exact) mass is 259 g/mol. The molecule has 3 rings (SSSR count). The average molecular weight is 259 g/mol. The van der Waals surface area contributed by atoms with Crippen LogP contribution in [0.15, 0.2) is 51.3 Å². The second-order valence-electron chi connectivity index (χ2n) is 3.44. The maximum Gasteiger partial charge on any atom is 0.263 e. The van der Waals surface area contributed by atoms with Gasteiger partial charge in [0.25, 0.3) is 5.22 Å². The number of rotatable bonds is 3. The number of fused-ring (bicyclic) bond motifs is 1. The Morgan fingerprint density at radius 3 is 2.94 bits per heavy atom. The fourth-order valence-electron chi connectivity index (χ4n) is 1.46. The molecule has 0 unspecified atom stereocenters. The molecule has 3 aromatic rings. The molecule has 0 aliphatic heterocycles. The van der Waals surface area contributed by atoms with Gasteiger partial charge >= 0.3 is 0 Å². The highest BCUT2D eigenvalue weighted by molar-refractivity contribution is 7.99. The number of hydrazine groups is 1. The summed E-state index contributed by atoms with van der Waals surface area (Å²) in [7, 11) is 0. The summed E-state index contributed by atoms with van der Waals surface area (Å²) in [6, 6.07) is 9.32. The van der Waals surface area contributed by atoms with Crippen molar-refractivity contribution in [3.63, 3.8) is 0 Å². The molecule has 0 radical (unpaired) electrons. The fraction of sp³-hybridized carbons (Fsp3) is 0. The van der Waals surface area contributed by atoms with Gasteiger partial charge in [0, 0.05) is 6.07 Å². The Bertz CT molecular complexity index is 651. The number of nitrogen functional groups attached to an aromatic ring is 1. The summed E-state index contributed by atoms with van der Waals surface area (Å²) in [5, 5.41) is 1.25. The van der Waals surface area contributed by atoms with Crippen LogP contribution >= 0.6 is 11.8 Å². The van der Waals surface area contributed by atoms with Gasteiger partial charge in [0.1, 0.15) is 22.7 Å². The van der Waals surface area contributed by atoms with Gasteiger partial charge in [-0.1, -0.05) is 12.1 Å². The molecule has 7 heteroatoms. The van der Waals surface area contributed by atoms with E-state index in [0.29, 0.717) is 16.1 Å². The highest BCUT2D eigenvalue weighted by Gasteiger charge is 2.08. The lowest BCUT2D eigenvalue weighted by atomic mass is 10.3. The molecule has 0 atom stereocenters. The quantitative estimate of drug-likeness (QED) is 0.422. The molecule has 0 amide bonds. The van der Waals surface area contributed by atoms with E-state index in [1.54, 1.807) is 6.07 Å². The van der Waals surface area contributed by atoms with Crippen molar-refractivity contribution in [1.82, 2.24) is 15.0 Å². The van der Waals surface area contributed by atoms with E-state index in [1.807, 2.05) is 24.3 Å². The number of nitrogens with two attached hydrogens (primary N) is 1. The molecule has 0 fully saturated rings. The second-order valence-corrected chi connectivity index (χ2v) is 4.41. The van der Waals surface area contributed by atoms with Crippen molar-refractivity contribution < 1.29 is 4.42 Å². The molecular weight excluding hydrogens is 250 g/mol. The van der Waals surface area contributed by atoms with Crippen molar-refractivity contribution in [2.45, 2.75) is 10.2 Å². The molecule has 18 heavy (non-hydrogen) atoms. The highest BCUT2D eigenvalue weighted by Crippen LogP contribution is 2.28. The molecule has 0 saturated heterocycles. The van der Waals surface area contributed by atoms with E-state index in [1.165, 1.54) is 18.1 Å². The lowest BCUT2D eigenvalue weighted by Gasteiger charge is -1.99. The molecule has 2 aromatic heterocycles. The summed E-state index contributed by atoms with van der Waals surface area (Å²) < 4.78 is 5.59. The molecule has 0 aliphatic rings. The van der Waals surface area contributed by atoms with E-state index >= 15 is 0 Å². The van der Waals surface area contributed by atoms with Crippen LogP contribution in [0.25, 0.3) is 11.1 Å². The van der Waals surface area contributed by atoms with Crippen LogP contribution in [0.1, 0.15) is 0 Å². The Morgan fingerprint density at radius 1 is 1.22 bits per heavy atom. The first-order chi connectivity index (χ1) is 8.85. The number of benzene rings is 1. The van der Waals surface area contributed by atoms with Crippen molar-refractivity contribution in [3.05, 3.63) is 36.7 Å². The average Bonchev–Trinajstić information content (AvgIpc) is 2.81. The molecule has 2 heterocycles. The van der Waals surface area contributed by atoms with E-state index in [0.717, 1.165) is 11.1 Å². The fourth-order valence-corrected chi connectivity index (χ4v) is 2.18. The van der Waals surface area contributed by atoms with Gasteiger partial charge in [0.15, 0.2) is 5.58 Å². The molecule has 0 bridgehead atoms. The summed E-state index contributed by atoms with van der Waals surface area (Å²) in [4.78, 5) is 12.4. The number of hydrogen-bond donors (Lipinski definition) is 2. The number of nitrogens with one attached hydrogen (secondary N) is 1. The van der Waals surface area contributed by atoms with E-state index in [9.17, 15) is 0 Å². The Labute approximate surface area is 107 Å². The Balaban J connectivity index is 1.91. The third-order valence-corrected chi connectivity index (χ3v) is 3.04. The summed E-state index contributed by atoms with van der Waals surface area (Å²) in [5.41, 5.74) is 4.05. The van der Waals surface area contributed by atoms with Gasteiger partial charge in [-0.05, 0) is 23.9 Å². The zero-order valence-electron chi connectivity index (χ0n) is 9.20. The van der Waals surface area contributed by atoms with Crippen molar-refractivity contribution in [2.24, 2.45) is 5.84 Å². The van der Waals surface area contributed by atoms with Crippen LogP contribution in [-0.2, 0) is 0 Å². The van der Waals surface area contributed by atoms with Crippen LogP contribution in [-0.4, -0.2) is 15.0 Å². The van der Waals surface area contributed by atoms with E-state index in [-0.39, 0.29) is 0 Å². The summed E-state index contributed by atoms with van der Waals surface area (Å²) >= 11 is 1.32. The molecule has 6 nitrogen and oxygen atoms in total. The number of aromatic nitrogens is 3. The standard InChI is InChI=1S/C11H9N5OS/c12-16-9-5-10(14-6-13-9)18-11-15-7-3-1-2-4-8(7)17-11/h1-6H,12H2,(H,13,14,16). The van der Waals surface area contributed by atoms with Gasteiger partial charge in [-0.3, -0.25) is 0 Å². The SMILES string of the molecule is NNc1cc(Sc2nc3ccccc3o2)ncn1. The predicted molar refractivity (Wildman–Crippen MR) is 68.0 cm³/mol. The number of anilines is 1. The smallest absolute Gasteiger partial charge is 0.263 e. The van der Waals surface area contributed by atoms with Gasteiger partial charge in [0.05, 0.1) is 0 Å². The summed E-state index contributed by atoms with van der Waals surface area (Å²) in [5.74, 6) is 5.83. The largest absolute Gasteiger partial charge is 0.431 e. The second kappa shape index (κ2) is 4.63. The van der Waals surface area contributed by atoms with Crippen molar-refractivity contribution in [2.75, 3.05) is 5.43 Å². The molecule has 1 aromatic carbocycles. The molecule has 0 aliphatic carbocycles. The molecule has 3 N–H and O–H groups in total. The van der Waals surface area contributed by atoms with Crippen LogP contribution in [0.5, 0.6) is 0 Å². The number of nitrogens with zero attached hydrogens (tertiary/aromatic N) is 3. The number of oxazole rings is 1. The van der Waals surface area contributed by atoms with E-state index in [4.69, 9.17) is 10.3 Å². The minimum Gasteiger partial charge on any atom is -0.431 e. The Kier molecular flexibility index (Phi) is 2.83. The van der Waals surface area contributed by atoms with Crippen molar-refractivity contribution in [3.8, 4) is 0 Å². The van der Waals surface area contributed by atoms with Gasteiger partial charge < -0.3 is 9.84 Å². The molecular formula is C11H9N5OS. The summed E-state index contributed by atoms with van der Waals surface area (Å²) in [6.07, 6.45) is 1.43. The highest BCUT2D eigenvalue weighted by atomic mass is 32.2.